The molecule has 0 spiro atoms. The van der Waals surface area contributed by atoms with Crippen molar-refractivity contribution in [2.24, 2.45) is 40.4 Å². The van der Waals surface area contributed by atoms with E-state index in [1.165, 1.54) is 0 Å². The highest BCUT2D eigenvalue weighted by Gasteiger charge is 2.69. The molecule has 0 radical (unpaired) electrons. The fourth-order valence-corrected chi connectivity index (χ4v) is 9.53. The molecule has 0 aromatic carbocycles. The third kappa shape index (κ3) is 4.80. The molecule has 1 amide bonds. The summed E-state index contributed by atoms with van der Waals surface area (Å²) in [5.74, 6) is -0.107. The van der Waals surface area contributed by atoms with Crippen molar-refractivity contribution in [1.82, 2.24) is 5.32 Å². The first-order valence-electron chi connectivity index (χ1n) is 13.5. The fraction of sp³-hybridized carbons (Fsp3) is 0.962. The molecular weight excluding hydrogens is 470 g/mol. The number of hydrogen-bond donors (Lipinski definition) is 4. The molecule has 4 saturated carbocycles. The predicted molar refractivity (Wildman–Crippen MR) is 130 cm³/mol. The van der Waals surface area contributed by atoms with Crippen LogP contribution in [-0.2, 0) is 14.9 Å². The molecule has 9 heteroatoms. The second-order valence-electron chi connectivity index (χ2n) is 12.7. The maximum Gasteiger partial charge on any atom is 0.220 e. The molecule has 4 rings (SSSR count). The molecule has 202 valence electrons. The molecule has 10 atom stereocenters. The lowest BCUT2D eigenvalue weighted by Crippen LogP contribution is -2.67. The van der Waals surface area contributed by atoms with Crippen molar-refractivity contribution in [1.29, 1.82) is 0 Å². The smallest absolute Gasteiger partial charge is 0.220 e. The van der Waals surface area contributed by atoms with E-state index >= 15 is 0 Å². The van der Waals surface area contributed by atoms with Gasteiger partial charge >= 0.3 is 0 Å². The first-order chi connectivity index (χ1) is 16.2. The number of amides is 1. The van der Waals surface area contributed by atoms with Crippen LogP contribution in [0.2, 0.25) is 0 Å². The first kappa shape index (κ1) is 27.3. The van der Waals surface area contributed by atoms with Crippen molar-refractivity contribution in [2.75, 3.05) is 12.3 Å². The van der Waals surface area contributed by atoms with E-state index in [0.29, 0.717) is 18.8 Å². The van der Waals surface area contributed by atoms with Gasteiger partial charge in [-0.05, 0) is 92.8 Å². The Morgan fingerprint density at radius 2 is 1.80 bits per heavy atom. The van der Waals surface area contributed by atoms with E-state index in [1.807, 2.05) is 0 Å². The first-order valence-corrected chi connectivity index (χ1v) is 15.1. The summed E-state index contributed by atoms with van der Waals surface area (Å²) in [5.41, 5.74) is -1.29. The second kappa shape index (κ2) is 9.53. The summed E-state index contributed by atoms with van der Waals surface area (Å²) >= 11 is 0. The third-order valence-electron chi connectivity index (χ3n) is 11.1. The minimum atomic E-state index is -4.35. The Balaban J connectivity index is 1.44. The van der Waals surface area contributed by atoms with Crippen LogP contribution in [0, 0.1) is 40.4 Å². The van der Waals surface area contributed by atoms with Crippen LogP contribution in [0.15, 0.2) is 0 Å². The molecule has 4 N–H and O–H groups in total. The number of nitrogens with one attached hydrogen (secondary N) is 1. The summed E-state index contributed by atoms with van der Waals surface area (Å²) in [6, 6.07) is 0. The van der Waals surface area contributed by atoms with Crippen LogP contribution in [0.1, 0.15) is 85.0 Å². The van der Waals surface area contributed by atoms with Gasteiger partial charge in [-0.2, -0.15) is 0 Å². The van der Waals surface area contributed by atoms with Gasteiger partial charge in [0.1, 0.15) is 0 Å². The number of aliphatic hydroxyl groups is 3. The Hall–Kier alpha value is -0.740. The Bertz CT molecular complexity index is 911. The largest absolute Gasteiger partial charge is 0.748 e. The maximum absolute atomic E-state index is 12.3. The monoisotopic (exact) mass is 514 g/mol. The highest BCUT2D eigenvalue weighted by Crippen LogP contribution is 2.69. The van der Waals surface area contributed by atoms with Crippen molar-refractivity contribution in [2.45, 2.75) is 103 Å². The predicted octanol–water partition coefficient (Wildman–Crippen LogP) is 2.17. The Morgan fingerprint density at radius 3 is 2.49 bits per heavy atom. The van der Waals surface area contributed by atoms with Gasteiger partial charge < -0.3 is 25.2 Å². The maximum atomic E-state index is 12.3. The van der Waals surface area contributed by atoms with Crippen LogP contribution in [0.25, 0.3) is 0 Å². The number of aliphatic hydroxyl groups excluding tert-OH is 2. The molecule has 0 aromatic heterocycles. The van der Waals surface area contributed by atoms with Gasteiger partial charge in [0.25, 0.3) is 0 Å². The number of carbonyl (C=O) groups is 1. The van der Waals surface area contributed by atoms with Crippen LogP contribution in [0.5, 0.6) is 0 Å². The summed E-state index contributed by atoms with van der Waals surface area (Å²) in [5, 5.41) is 36.7. The standard InChI is InChI=1S/C26H45NO7S/c1-16(4-7-23(30)27-12-13-35(32,33)34)19-5-6-20-25(19,3)22(29)15-21-24(2)10-9-18(28)14-17(24)8-11-26(20,21)31/h16-22,28-29,31H,4-15H2,1-3H3,(H,27,30)(H,32,33,34)/p-1. The van der Waals surface area contributed by atoms with Crippen LogP contribution < -0.4 is 5.32 Å². The van der Waals surface area contributed by atoms with E-state index in [9.17, 15) is 33.1 Å². The van der Waals surface area contributed by atoms with Gasteiger partial charge in [-0.1, -0.05) is 20.8 Å². The van der Waals surface area contributed by atoms with E-state index < -0.39 is 33.0 Å². The molecule has 0 heterocycles. The second-order valence-corrected chi connectivity index (χ2v) is 14.2. The summed E-state index contributed by atoms with van der Waals surface area (Å²) in [6.07, 6.45) is 6.52. The Kier molecular flexibility index (Phi) is 7.43. The van der Waals surface area contributed by atoms with Gasteiger partial charge in [0, 0.05) is 18.4 Å². The number of rotatable bonds is 7. The summed E-state index contributed by atoms with van der Waals surface area (Å²) in [6.45, 7) is 6.35. The van der Waals surface area contributed by atoms with E-state index in [-0.39, 0.29) is 54.1 Å². The van der Waals surface area contributed by atoms with Crippen LogP contribution in [0.4, 0.5) is 0 Å². The van der Waals surface area contributed by atoms with Crippen molar-refractivity contribution >= 4 is 16.0 Å². The molecule has 4 aliphatic carbocycles. The van der Waals surface area contributed by atoms with E-state index in [2.05, 4.69) is 26.1 Å². The van der Waals surface area contributed by atoms with Gasteiger partial charge in [-0.3, -0.25) is 4.79 Å². The minimum absolute atomic E-state index is 0.0110. The van der Waals surface area contributed by atoms with Gasteiger partial charge in [-0.15, -0.1) is 0 Å². The number of fused-ring (bicyclic) bond motifs is 5. The van der Waals surface area contributed by atoms with Gasteiger partial charge in [-0.25, -0.2) is 8.42 Å². The molecular formula is C26H44NO7S-. The lowest BCUT2D eigenvalue weighted by molar-refractivity contribution is -0.254. The Labute approximate surface area is 210 Å². The lowest BCUT2D eigenvalue weighted by atomic mass is 9.42. The molecule has 0 aromatic rings. The zero-order chi connectivity index (χ0) is 25.8. The minimum Gasteiger partial charge on any atom is -0.748 e. The molecule has 0 aliphatic heterocycles. The summed E-state index contributed by atoms with van der Waals surface area (Å²) < 4.78 is 32.2. The molecule has 0 saturated heterocycles. The lowest BCUT2D eigenvalue weighted by Gasteiger charge is -2.65. The van der Waals surface area contributed by atoms with E-state index in [0.717, 1.165) is 44.9 Å². The fourth-order valence-electron chi connectivity index (χ4n) is 9.18. The quantitative estimate of drug-likeness (QED) is 0.381. The molecule has 0 bridgehead atoms. The molecule has 35 heavy (non-hydrogen) atoms. The highest BCUT2D eigenvalue weighted by molar-refractivity contribution is 7.85. The van der Waals surface area contributed by atoms with Crippen molar-refractivity contribution in [3.8, 4) is 0 Å². The van der Waals surface area contributed by atoms with Crippen molar-refractivity contribution < 1.29 is 33.1 Å². The SMILES string of the molecule is CC(CCC(=O)NCCS(=O)(=O)[O-])C1CCC2C3(O)CCC4CC(O)CCC4(C)C3CC(O)C12C. The third-order valence-corrected chi connectivity index (χ3v) is 11.8. The summed E-state index contributed by atoms with van der Waals surface area (Å²) in [7, 11) is -4.35. The molecule has 4 fully saturated rings. The topological polar surface area (TPSA) is 147 Å². The Morgan fingerprint density at radius 1 is 1.09 bits per heavy atom. The zero-order valence-electron chi connectivity index (χ0n) is 21.4. The molecule has 8 nitrogen and oxygen atoms in total. The van der Waals surface area contributed by atoms with Crippen molar-refractivity contribution in [3.05, 3.63) is 0 Å². The van der Waals surface area contributed by atoms with Gasteiger partial charge in [0.05, 0.1) is 33.7 Å². The number of hydrogen-bond acceptors (Lipinski definition) is 7. The summed E-state index contributed by atoms with van der Waals surface area (Å²) in [4.78, 5) is 12.2. The normalized spacial score (nSPS) is 46.3. The number of carbonyl (C=O) groups excluding carboxylic acids is 1. The zero-order valence-corrected chi connectivity index (χ0v) is 22.2. The van der Waals surface area contributed by atoms with E-state index in [4.69, 9.17) is 0 Å². The molecule has 10 unspecified atom stereocenters. The van der Waals surface area contributed by atoms with Gasteiger partial charge in [0.2, 0.25) is 5.91 Å². The van der Waals surface area contributed by atoms with Crippen molar-refractivity contribution in [3.63, 3.8) is 0 Å². The van der Waals surface area contributed by atoms with E-state index in [1.54, 1.807) is 0 Å². The average Bonchev–Trinajstić information content (AvgIpc) is 3.14. The average molecular weight is 515 g/mol. The van der Waals surface area contributed by atoms with Crippen LogP contribution in [-0.4, -0.2) is 64.3 Å². The van der Waals surface area contributed by atoms with Crippen LogP contribution in [0.3, 0.4) is 0 Å². The van der Waals surface area contributed by atoms with Crippen LogP contribution >= 0.6 is 0 Å². The highest BCUT2D eigenvalue weighted by atomic mass is 32.2. The van der Waals surface area contributed by atoms with Gasteiger partial charge in [0.15, 0.2) is 0 Å². The molecule has 4 aliphatic rings.